The van der Waals surface area contributed by atoms with Crippen molar-refractivity contribution in [1.82, 2.24) is 0 Å². The number of aliphatic carboxylic acids is 1. The van der Waals surface area contributed by atoms with Gasteiger partial charge in [-0.05, 0) is 106 Å². The van der Waals surface area contributed by atoms with Crippen LogP contribution in [0.5, 0.6) is 0 Å². The van der Waals surface area contributed by atoms with Crippen molar-refractivity contribution < 1.29 is 14.7 Å². The zero-order chi connectivity index (χ0) is 22.6. The highest BCUT2D eigenvalue weighted by molar-refractivity contribution is 5.98. The van der Waals surface area contributed by atoms with Gasteiger partial charge in [0.1, 0.15) is 5.78 Å². The molecule has 7 atom stereocenters. The average molecular weight is 426 g/mol. The molecule has 0 aromatic heterocycles. The molecule has 0 radical (unpaired) electrons. The Bertz CT molecular complexity index is 816. The number of carbonyl (C=O) groups excluding carboxylic acids is 2. The Kier molecular flexibility index (Phi) is 6.03. The average Bonchev–Trinajstić information content (AvgIpc) is 3.05. The van der Waals surface area contributed by atoms with Gasteiger partial charge < -0.3 is 9.90 Å². The lowest BCUT2D eigenvalue weighted by molar-refractivity contribution is -0.313. The van der Waals surface area contributed by atoms with E-state index in [9.17, 15) is 14.7 Å². The summed E-state index contributed by atoms with van der Waals surface area (Å²) in [4.78, 5) is 24.3. The fraction of sp³-hybridized carbons (Fsp3) is 0.786. The molecule has 2 saturated carbocycles. The van der Waals surface area contributed by atoms with Gasteiger partial charge in [-0.3, -0.25) is 4.79 Å². The van der Waals surface area contributed by atoms with E-state index in [4.69, 9.17) is 0 Å². The lowest BCUT2D eigenvalue weighted by atomic mass is 9.49. The molecule has 0 N–H and O–H groups in total. The highest BCUT2D eigenvalue weighted by Gasteiger charge is 2.57. The van der Waals surface area contributed by atoms with Crippen LogP contribution in [0.2, 0.25) is 0 Å². The lowest BCUT2D eigenvalue weighted by Gasteiger charge is -2.56. The highest BCUT2D eigenvalue weighted by Crippen LogP contribution is 2.66. The van der Waals surface area contributed by atoms with Crippen LogP contribution < -0.4 is 5.11 Å². The van der Waals surface area contributed by atoms with Crippen molar-refractivity contribution in [2.24, 2.45) is 40.4 Å². The zero-order valence-electron chi connectivity index (χ0n) is 20.3. The van der Waals surface area contributed by atoms with E-state index in [0.717, 1.165) is 37.5 Å². The maximum atomic E-state index is 12.4. The van der Waals surface area contributed by atoms with Crippen molar-refractivity contribution in [2.45, 2.75) is 98.8 Å². The first-order chi connectivity index (χ1) is 14.6. The molecule has 0 saturated heterocycles. The van der Waals surface area contributed by atoms with Crippen LogP contribution in [-0.4, -0.2) is 11.8 Å². The maximum absolute atomic E-state index is 12.4. The van der Waals surface area contributed by atoms with Gasteiger partial charge in [-0.2, -0.15) is 0 Å². The first-order valence-corrected chi connectivity index (χ1v) is 12.7. The summed E-state index contributed by atoms with van der Waals surface area (Å²) in [5.41, 5.74) is 4.88. The standard InChI is InChI=1S/C28H42O3/c1-17(2)7-6-8-18(3)20-11-12-21-19-9-10-23-25(26(30)31)24(29)14-16-28(23,5)22(19)13-15-27(20,21)4/h7,18,20-21,23,25H,6,8-16H2,1-5H3,(H,30,31)/p-1/t18-,20-,21+,23+,25?,27-,28-/m1/s1. The van der Waals surface area contributed by atoms with Gasteiger partial charge in [-0.15, -0.1) is 0 Å². The predicted molar refractivity (Wildman–Crippen MR) is 122 cm³/mol. The Morgan fingerprint density at radius 1 is 1.13 bits per heavy atom. The molecular formula is C28H41O3-. The molecule has 0 aromatic rings. The lowest BCUT2D eigenvalue weighted by Crippen LogP contribution is -2.53. The Hall–Kier alpha value is -1.38. The van der Waals surface area contributed by atoms with E-state index < -0.39 is 11.9 Å². The molecule has 3 heteroatoms. The van der Waals surface area contributed by atoms with E-state index in [1.165, 1.54) is 37.7 Å². The minimum Gasteiger partial charge on any atom is -0.549 e. The monoisotopic (exact) mass is 425 g/mol. The van der Waals surface area contributed by atoms with Gasteiger partial charge in [0.25, 0.3) is 0 Å². The van der Waals surface area contributed by atoms with E-state index >= 15 is 0 Å². The summed E-state index contributed by atoms with van der Waals surface area (Å²) in [6.45, 7) is 11.7. The Labute approximate surface area is 188 Å². The van der Waals surface area contributed by atoms with E-state index in [1.54, 1.807) is 11.1 Å². The second kappa shape index (κ2) is 8.19. The highest BCUT2D eigenvalue weighted by atomic mass is 16.4. The molecule has 0 bridgehead atoms. The van der Waals surface area contributed by atoms with Gasteiger partial charge in [0.05, 0.1) is 11.9 Å². The molecule has 3 nitrogen and oxygen atoms in total. The Morgan fingerprint density at radius 3 is 2.55 bits per heavy atom. The summed E-state index contributed by atoms with van der Waals surface area (Å²) in [6.07, 6.45) is 12.8. The molecule has 2 fully saturated rings. The predicted octanol–water partition coefficient (Wildman–Crippen LogP) is 5.64. The second-order valence-electron chi connectivity index (χ2n) is 11.9. The number of carbonyl (C=O) groups is 2. The third-order valence-electron chi connectivity index (χ3n) is 10.1. The third-order valence-corrected chi connectivity index (χ3v) is 10.1. The van der Waals surface area contributed by atoms with Crippen molar-refractivity contribution in [3.05, 3.63) is 22.8 Å². The van der Waals surface area contributed by atoms with E-state index in [1.807, 2.05) is 0 Å². The molecule has 31 heavy (non-hydrogen) atoms. The summed E-state index contributed by atoms with van der Waals surface area (Å²) in [6, 6.07) is 0. The summed E-state index contributed by atoms with van der Waals surface area (Å²) in [5, 5.41) is 11.8. The van der Waals surface area contributed by atoms with Crippen LogP contribution in [0.25, 0.3) is 0 Å². The Balaban J connectivity index is 1.59. The molecule has 4 rings (SSSR count). The van der Waals surface area contributed by atoms with E-state index in [2.05, 4.69) is 40.7 Å². The van der Waals surface area contributed by atoms with Crippen LogP contribution >= 0.6 is 0 Å². The van der Waals surface area contributed by atoms with Crippen LogP contribution in [0.1, 0.15) is 98.8 Å². The van der Waals surface area contributed by atoms with Crippen molar-refractivity contribution in [2.75, 3.05) is 0 Å². The smallest absolute Gasteiger partial charge is 0.141 e. The van der Waals surface area contributed by atoms with Crippen LogP contribution in [0.15, 0.2) is 22.8 Å². The molecule has 0 aliphatic heterocycles. The van der Waals surface area contributed by atoms with Crippen molar-refractivity contribution >= 4 is 11.8 Å². The first kappa shape index (κ1) is 22.8. The van der Waals surface area contributed by atoms with E-state index in [0.29, 0.717) is 17.8 Å². The largest absolute Gasteiger partial charge is 0.549 e. The fourth-order valence-corrected chi connectivity index (χ4v) is 8.49. The van der Waals surface area contributed by atoms with Crippen LogP contribution in [0, 0.1) is 40.4 Å². The third kappa shape index (κ3) is 3.64. The van der Waals surface area contributed by atoms with Crippen LogP contribution in [0.4, 0.5) is 0 Å². The molecule has 0 heterocycles. The molecule has 4 aliphatic rings. The normalized spacial score (nSPS) is 40.6. The quantitative estimate of drug-likeness (QED) is 0.423. The van der Waals surface area contributed by atoms with Gasteiger partial charge in [0.15, 0.2) is 0 Å². The summed E-state index contributed by atoms with van der Waals surface area (Å²) >= 11 is 0. The topological polar surface area (TPSA) is 57.2 Å². The number of hydrogen-bond donors (Lipinski definition) is 0. The SMILES string of the molecule is CC(C)=CCC[C@@H](C)[C@H]1CC[C@H]2C3=C(CC[C@]12C)[C@@]1(C)CCC(=O)C(C(=O)[O-])[C@@H]1CC3. The number of Topliss-reactive ketones (excluding diaryl/α,β-unsaturated/α-hetero) is 1. The summed E-state index contributed by atoms with van der Waals surface area (Å²) < 4.78 is 0. The molecule has 1 unspecified atom stereocenters. The van der Waals surface area contributed by atoms with Gasteiger partial charge in [0, 0.05) is 6.42 Å². The fourth-order valence-electron chi connectivity index (χ4n) is 8.49. The van der Waals surface area contributed by atoms with Crippen molar-refractivity contribution in [3.63, 3.8) is 0 Å². The number of hydrogen-bond acceptors (Lipinski definition) is 3. The van der Waals surface area contributed by atoms with E-state index in [-0.39, 0.29) is 17.1 Å². The van der Waals surface area contributed by atoms with Gasteiger partial charge >= 0.3 is 0 Å². The molecule has 4 aliphatic carbocycles. The van der Waals surface area contributed by atoms with Crippen LogP contribution in [0.3, 0.4) is 0 Å². The van der Waals surface area contributed by atoms with Crippen molar-refractivity contribution in [1.29, 1.82) is 0 Å². The number of rotatable bonds is 5. The first-order valence-electron chi connectivity index (χ1n) is 12.7. The van der Waals surface area contributed by atoms with Crippen molar-refractivity contribution in [3.8, 4) is 0 Å². The van der Waals surface area contributed by atoms with Gasteiger partial charge in [-0.25, -0.2) is 0 Å². The number of fused-ring (bicyclic) bond motifs is 4. The Morgan fingerprint density at radius 2 is 1.87 bits per heavy atom. The molecule has 172 valence electrons. The summed E-state index contributed by atoms with van der Waals surface area (Å²) in [7, 11) is 0. The molecular weight excluding hydrogens is 384 g/mol. The number of allylic oxidation sites excluding steroid dienone is 4. The minimum absolute atomic E-state index is 0.0675. The second-order valence-corrected chi connectivity index (χ2v) is 11.9. The molecule has 0 amide bonds. The van der Waals surface area contributed by atoms with Gasteiger partial charge in [-0.1, -0.05) is 43.6 Å². The maximum Gasteiger partial charge on any atom is 0.141 e. The minimum atomic E-state index is -1.14. The number of carboxylic acid groups (broad SMARTS) is 1. The van der Waals surface area contributed by atoms with Crippen LogP contribution in [-0.2, 0) is 9.59 Å². The number of carboxylic acids is 1. The molecule has 0 aromatic carbocycles. The molecule has 0 spiro atoms. The van der Waals surface area contributed by atoms with Gasteiger partial charge in [0.2, 0.25) is 0 Å². The zero-order valence-corrected chi connectivity index (χ0v) is 20.3. The number of ketones is 1. The summed E-state index contributed by atoms with van der Waals surface area (Å²) in [5.74, 6) is -0.0189.